The summed E-state index contributed by atoms with van der Waals surface area (Å²) in [6, 6.07) is 5.70. The molecule has 0 atom stereocenters. The van der Waals surface area contributed by atoms with Gasteiger partial charge in [-0.2, -0.15) is 0 Å². The largest absolute Gasteiger partial charge is 0.496 e. The molecular formula is C15H20O3S. The molecule has 104 valence electrons. The van der Waals surface area contributed by atoms with Crippen LogP contribution in [-0.2, 0) is 4.79 Å². The number of carbonyl (C=O) groups is 1. The van der Waals surface area contributed by atoms with E-state index in [0.29, 0.717) is 0 Å². The predicted molar refractivity (Wildman–Crippen MR) is 79.9 cm³/mol. The van der Waals surface area contributed by atoms with Crippen LogP contribution < -0.4 is 4.74 Å². The van der Waals surface area contributed by atoms with Crippen molar-refractivity contribution in [2.45, 2.75) is 31.1 Å². The molecule has 3 nitrogen and oxygen atoms in total. The standard InChI is InChI=1S/C15H20O3S/c1-3-4-5-10-19-14-11-12(7-9-15(16)17)6-8-13(14)18-2/h6-9,11H,3-5,10H2,1-2H3,(H,16,17). The van der Waals surface area contributed by atoms with Gasteiger partial charge in [0.15, 0.2) is 0 Å². The van der Waals surface area contributed by atoms with Crippen molar-refractivity contribution in [2.75, 3.05) is 12.9 Å². The van der Waals surface area contributed by atoms with Crippen LogP contribution in [0.2, 0.25) is 0 Å². The van der Waals surface area contributed by atoms with Gasteiger partial charge in [0.1, 0.15) is 5.75 Å². The van der Waals surface area contributed by atoms with E-state index in [-0.39, 0.29) is 0 Å². The van der Waals surface area contributed by atoms with Gasteiger partial charge in [-0.15, -0.1) is 11.8 Å². The molecule has 1 aromatic carbocycles. The average molecular weight is 280 g/mol. The first-order valence-corrected chi connectivity index (χ1v) is 7.37. The number of rotatable bonds is 8. The van der Waals surface area contributed by atoms with E-state index in [1.165, 1.54) is 19.3 Å². The molecule has 0 aliphatic carbocycles. The Bertz CT molecular complexity index is 441. The molecule has 0 radical (unpaired) electrons. The fourth-order valence-corrected chi connectivity index (χ4v) is 2.69. The minimum Gasteiger partial charge on any atom is -0.496 e. The molecule has 0 fully saturated rings. The van der Waals surface area contributed by atoms with Crippen molar-refractivity contribution in [3.05, 3.63) is 29.8 Å². The molecule has 0 saturated heterocycles. The quantitative estimate of drug-likeness (QED) is 0.443. The summed E-state index contributed by atoms with van der Waals surface area (Å²) in [4.78, 5) is 11.6. The summed E-state index contributed by atoms with van der Waals surface area (Å²) in [5, 5.41) is 8.63. The Morgan fingerprint density at radius 2 is 2.21 bits per heavy atom. The highest BCUT2D eigenvalue weighted by molar-refractivity contribution is 7.99. The van der Waals surface area contributed by atoms with E-state index in [2.05, 4.69) is 6.92 Å². The molecule has 4 heteroatoms. The van der Waals surface area contributed by atoms with Gasteiger partial charge in [0.2, 0.25) is 0 Å². The first-order chi connectivity index (χ1) is 9.17. The normalized spacial score (nSPS) is 10.8. The molecule has 0 bridgehead atoms. The van der Waals surface area contributed by atoms with E-state index >= 15 is 0 Å². The van der Waals surface area contributed by atoms with E-state index < -0.39 is 5.97 Å². The van der Waals surface area contributed by atoms with Crippen molar-refractivity contribution in [3.8, 4) is 5.75 Å². The fraction of sp³-hybridized carbons (Fsp3) is 0.400. The minimum atomic E-state index is -0.937. The zero-order chi connectivity index (χ0) is 14.1. The Kier molecular flexibility index (Phi) is 7.11. The van der Waals surface area contributed by atoms with E-state index in [0.717, 1.165) is 28.0 Å². The summed E-state index contributed by atoms with van der Waals surface area (Å²) in [5.41, 5.74) is 0.876. The van der Waals surface area contributed by atoms with E-state index in [1.807, 2.05) is 18.2 Å². The Hall–Kier alpha value is -1.42. The zero-order valence-corrected chi connectivity index (χ0v) is 12.2. The molecule has 0 heterocycles. The van der Waals surface area contributed by atoms with Gasteiger partial charge in [0.05, 0.1) is 7.11 Å². The lowest BCUT2D eigenvalue weighted by Crippen LogP contribution is -1.90. The first kappa shape index (κ1) is 15.6. The summed E-state index contributed by atoms with van der Waals surface area (Å²) >= 11 is 1.75. The van der Waals surface area contributed by atoms with E-state index in [9.17, 15) is 4.79 Å². The SMILES string of the molecule is CCCCCSc1cc(C=CC(=O)O)ccc1OC. The molecule has 0 aromatic heterocycles. The van der Waals surface area contributed by atoms with Gasteiger partial charge in [-0.3, -0.25) is 0 Å². The number of ether oxygens (including phenoxy) is 1. The van der Waals surface area contributed by atoms with Gasteiger partial charge in [0.25, 0.3) is 0 Å². The molecule has 0 amide bonds. The molecule has 1 rings (SSSR count). The molecule has 0 aliphatic rings. The lowest BCUT2D eigenvalue weighted by atomic mass is 10.2. The number of carboxylic acid groups (broad SMARTS) is 1. The lowest BCUT2D eigenvalue weighted by molar-refractivity contribution is -0.131. The molecule has 1 N–H and O–H groups in total. The highest BCUT2D eigenvalue weighted by atomic mass is 32.2. The molecule has 0 aliphatic heterocycles. The van der Waals surface area contributed by atoms with Gasteiger partial charge in [-0.25, -0.2) is 4.79 Å². The van der Waals surface area contributed by atoms with E-state index in [4.69, 9.17) is 9.84 Å². The van der Waals surface area contributed by atoms with Crippen molar-refractivity contribution in [1.29, 1.82) is 0 Å². The third-order valence-electron chi connectivity index (χ3n) is 2.61. The van der Waals surface area contributed by atoms with Crippen molar-refractivity contribution >= 4 is 23.8 Å². The van der Waals surface area contributed by atoms with Crippen LogP contribution in [0, 0.1) is 0 Å². The molecule has 0 unspecified atom stereocenters. The van der Waals surface area contributed by atoms with Crippen LogP contribution in [-0.4, -0.2) is 23.9 Å². The number of carboxylic acids is 1. The highest BCUT2D eigenvalue weighted by Crippen LogP contribution is 2.31. The maximum Gasteiger partial charge on any atom is 0.328 e. The van der Waals surface area contributed by atoms with Crippen LogP contribution in [0.3, 0.4) is 0 Å². The maximum absolute atomic E-state index is 10.5. The number of hydrogen-bond donors (Lipinski definition) is 1. The maximum atomic E-state index is 10.5. The van der Waals surface area contributed by atoms with Crippen LogP contribution in [0.15, 0.2) is 29.2 Å². The van der Waals surface area contributed by atoms with Gasteiger partial charge in [-0.05, 0) is 35.9 Å². The summed E-state index contributed by atoms with van der Waals surface area (Å²) in [7, 11) is 1.65. The Morgan fingerprint density at radius 1 is 1.42 bits per heavy atom. The van der Waals surface area contributed by atoms with Gasteiger partial charge in [-0.1, -0.05) is 25.8 Å². The third-order valence-corrected chi connectivity index (χ3v) is 3.73. The first-order valence-electron chi connectivity index (χ1n) is 6.39. The fourth-order valence-electron chi connectivity index (χ4n) is 1.61. The molecule has 0 spiro atoms. The highest BCUT2D eigenvalue weighted by Gasteiger charge is 2.04. The minimum absolute atomic E-state index is 0.842. The third kappa shape index (κ3) is 5.83. The van der Waals surface area contributed by atoms with Crippen LogP contribution in [0.1, 0.15) is 31.7 Å². The number of unbranched alkanes of at least 4 members (excludes halogenated alkanes) is 2. The Morgan fingerprint density at radius 3 is 2.84 bits per heavy atom. The van der Waals surface area contributed by atoms with Gasteiger partial charge in [0, 0.05) is 11.0 Å². The van der Waals surface area contributed by atoms with Crippen LogP contribution in [0.25, 0.3) is 6.08 Å². The van der Waals surface area contributed by atoms with Crippen molar-refractivity contribution < 1.29 is 14.6 Å². The number of benzene rings is 1. The number of methoxy groups -OCH3 is 1. The Balaban J connectivity index is 2.75. The molecule has 0 saturated carbocycles. The van der Waals surface area contributed by atoms with Crippen LogP contribution in [0.4, 0.5) is 0 Å². The topological polar surface area (TPSA) is 46.5 Å². The number of thioether (sulfide) groups is 1. The summed E-state index contributed by atoms with van der Waals surface area (Å²) < 4.78 is 5.32. The predicted octanol–water partition coefficient (Wildman–Crippen LogP) is 4.08. The van der Waals surface area contributed by atoms with Gasteiger partial charge >= 0.3 is 5.97 Å². The second-order valence-electron chi connectivity index (χ2n) is 4.14. The van der Waals surface area contributed by atoms with E-state index in [1.54, 1.807) is 24.9 Å². The summed E-state index contributed by atoms with van der Waals surface area (Å²) in [6.45, 7) is 2.18. The smallest absolute Gasteiger partial charge is 0.328 e. The second kappa shape index (κ2) is 8.64. The zero-order valence-electron chi connectivity index (χ0n) is 11.4. The van der Waals surface area contributed by atoms with Crippen LogP contribution in [0.5, 0.6) is 5.75 Å². The number of aliphatic carboxylic acids is 1. The summed E-state index contributed by atoms with van der Waals surface area (Å²) in [5.74, 6) is 0.956. The second-order valence-corrected chi connectivity index (χ2v) is 5.27. The van der Waals surface area contributed by atoms with Crippen molar-refractivity contribution in [3.63, 3.8) is 0 Å². The van der Waals surface area contributed by atoms with Crippen molar-refractivity contribution in [2.24, 2.45) is 0 Å². The monoisotopic (exact) mass is 280 g/mol. The lowest BCUT2D eigenvalue weighted by Gasteiger charge is -2.09. The number of hydrogen-bond acceptors (Lipinski definition) is 3. The van der Waals surface area contributed by atoms with Crippen LogP contribution >= 0.6 is 11.8 Å². The Labute approximate surface area is 118 Å². The molecular weight excluding hydrogens is 260 g/mol. The molecule has 19 heavy (non-hydrogen) atoms. The molecule has 1 aromatic rings. The average Bonchev–Trinajstić information content (AvgIpc) is 2.41. The van der Waals surface area contributed by atoms with Gasteiger partial charge < -0.3 is 9.84 Å². The van der Waals surface area contributed by atoms with Crippen molar-refractivity contribution in [1.82, 2.24) is 0 Å². The summed E-state index contributed by atoms with van der Waals surface area (Å²) in [6.07, 6.45) is 6.36.